The lowest BCUT2D eigenvalue weighted by Crippen LogP contribution is -1.91. The first-order valence-corrected chi connectivity index (χ1v) is 6.51. The fourth-order valence-electron chi connectivity index (χ4n) is 2.22. The van der Waals surface area contributed by atoms with Crippen LogP contribution in [0.1, 0.15) is 41.7 Å². The van der Waals surface area contributed by atoms with E-state index < -0.39 is 20.1 Å². The highest BCUT2D eigenvalue weighted by atomic mass is 14.1. The molecule has 100 valence electrons. The topological polar surface area (TPSA) is 0 Å². The molecule has 20 heavy (non-hydrogen) atoms. The molecular weight excluding hydrogens is 240 g/mol. The first-order valence-electron chi connectivity index (χ1n) is 10.5. The second-order valence-electron chi connectivity index (χ2n) is 4.78. The highest BCUT2D eigenvalue weighted by Crippen LogP contribution is 2.29. The van der Waals surface area contributed by atoms with Crippen molar-refractivity contribution in [2.24, 2.45) is 0 Å². The standard InChI is InChI=1S/C20H20/c1-15-6-10-17(11-7-15)19-4-3-5-20(14-19)18-12-8-16(2)9-13-18/h3-8,10-12,14H,9,13H2,1-2H3/i1D3,2D3,13D2. The Morgan fingerprint density at radius 2 is 1.75 bits per heavy atom. The third-order valence-electron chi connectivity index (χ3n) is 3.31. The summed E-state index contributed by atoms with van der Waals surface area (Å²) in [6.45, 7) is -4.46. The van der Waals surface area contributed by atoms with Crippen LogP contribution in [0.15, 0.2) is 66.3 Å². The Labute approximate surface area is 132 Å². The predicted molar refractivity (Wildman–Crippen MR) is 87.6 cm³/mol. The molecule has 0 aromatic heterocycles. The van der Waals surface area contributed by atoms with Crippen molar-refractivity contribution in [3.8, 4) is 11.1 Å². The van der Waals surface area contributed by atoms with E-state index in [2.05, 4.69) is 0 Å². The molecule has 0 nitrogen and oxygen atoms in total. The number of aryl methyl sites for hydroxylation is 1. The van der Waals surface area contributed by atoms with E-state index in [1.165, 1.54) is 6.08 Å². The van der Waals surface area contributed by atoms with Crippen molar-refractivity contribution in [3.05, 3.63) is 77.4 Å². The lowest BCUT2D eigenvalue weighted by Gasteiger charge is -2.13. The summed E-state index contributed by atoms with van der Waals surface area (Å²) in [4.78, 5) is 0. The number of hydrogen-bond acceptors (Lipinski definition) is 0. The van der Waals surface area contributed by atoms with Gasteiger partial charge in [-0.1, -0.05) is 65.8 Å². The van der Waals surface area contributed by atoms with Crippen molar-refractivity contribution in [1.29, 1.82) is 0 Å². The van der Waals surface area contributed by atoms with E-state index in [0.29, 0.717) is 11.1 Å². The molecule has 0 N–H and O–H groups in total. The highest BCUT2D eigenvalue weighted by Gasteiger charge is 2.07. The number of benzene rings is 2. The Kier molecular flexibility index (Phi) is 1.81. The third-order valence-corrected chi connectivity index (χ3v) is 3.31. The van der Waals surface area contributed by atoms with Crippen molar-refractivity contribution in [2.75, 3.05) is 0 Å². The van der Waals surface area contributed by atoms with E-state index in [0.717, 1.165) is 11.1 Å². The monoisotopic (exact) mass is 268 g/mol. The smallest absolute Gasteiger partial charge is 0.0319 e. The molecule has 1 aliphatic carbocycles. The van der Waals surface area contributed by atoms with Crippen LogP contribution < -0.4 is 0 Å². The van der Waals surface area contributed by atoms with Crippen molar-refractivity contribution in [2.45, 2.75) is 26.5 Å². The molecule has 0 aliphatic heterocycles. The molecule has 0 heteroatoms. The summed E-state index contributed by atoms with van der Waals surface area (Å²) in [7, 11) is 0. The fraction of sp³-hybridized carbons (Fsp3) is 0.200. The minimum Gasteiger partial charge on any atom is -0.0730 e. The lowest BCUT2D eigenvalue weighted by atomic mass is 9.92. The Balaban J connectivity index is 1.98. The van der Waals surface area contributed by atoms with Crippen molar-refractivity contribution < 1.29 is 11.0 Å². The van der Waals surface area contributed by atoms with Crippen LogP contribution in [0.2, 0.25) is 0 Å². The van der Waals surface area contributed by atoms with Gasteiger partial charge in [0.1, 0.15) is 0 Å². The second-order valence-corrected chi connectivity index (χ2v) is 4.78. The van der Waals surface area contributed by atoms with Gasteiger partial charge in [0.05, 0.1) is 0 Å². The summed E-state index contributed by atoms with van der Waals surface area (Å²) >= 11 is 0. The van der Waals surface area contributed by atoms with E-state index in [1.54, 1.807) is 36.4 Å². The normalized spacial score (nSPS) is 24.4. The van der Waals surface area contributed by atoms with E-state index in [1.807, 2.05) is 18.2 Å². The molecule has 1 aliphatic rings. The SMILES string of the molecule is [2H]C([2H])([2H])C1=CC=C(c2cccc(-c3ccc(C([2H])([2H])[2H])cc3)c2)C([2H])([2H])C1. The number of allylic oxidation sites excluding steroid dienone is 4. The van der Waals surface area contributed by atoms with E-state index in [9.17, 15) is 0 Å². The zero-order valence-electron chi connectivity index (χ0n) is 19.0. The molecule has 0 saturated heterocycles. The average Bonchev–Trinajstić information content (AvgIpc) is 2.59. The van der Waals surface area contributed by atoms with Crippen LogP contribution in [0, 0.1) is 6.85 Å². The highest BCUT2D eigenvalue weighted by molar-refractivity contribution is 5.74. The summed E-state index contributed by atoms with van der Waals surface area (Å²) in [5, 5.41) is 0. The molecule has 2 aromatic carbocycles. The number of rotatable bonds is 2. The van der Waals surface area contributed by atoms with Crippen LogP contribution >= 0.6 is 0 Å². The van der Waals surface area contributed by atoms with Gasteiger partial charge in [0.25, 0.3) is 0 Å². The van der Waals surface area contributed by atoms with Gasteiger partial charge >= 0.3 is 0 Å². The quantitative estimate of drug-likeness (QED) is 0.647. The van der Waals surface area contributed by atoms with Gasteiger partial charge < -0.3 is 0 Å². The van der Waals surface area contributed by atoms with Crippen LogP contribution in [-0.2, 0) is 0 Å². The molecule has 0 heterocycles. The predicted octanol–water partition coefficient (Wildman–Crippen LogP) is 5.79. The molecule has 0 amide bonds. The van der Waals surface area contributed by atoms with Gasteiger partial charge in [0.15, 0.2) is 0 Å². The van der Waals surface area contributed by atoms with Crippen LogP contribution in [0.5, 0.6) is 0 Å². The first kappa shape index (κ1) is 6.58. The van der Waals surface area contributed by atoms with Gasteiger partial charge in [0.2, 0.25) is 0 Å². The van der Waals surface area contributed by atoms with E-state index in [-0.39, 0.29) is 17.6 Å². The number of hydrogen-bond donors (Lipinski definition) is 0. The molecule has 0 saturated carbocycles. The summed E-state index contributed by atoms with van der Waals surface area (Å²) < 4.78 is 61.6. The van der Waals surface area contributed by atoms with Gasteiger partial charge in [-0.15, -0.1) is 0 Å². The minimum absolute atomic E-state index is 0.109. The van der Waals surface area contributed by atoms with Crippen molar-refractivity contribution in [3.63, 3.8) is 0 Å². The molecule has 2 aromatic rings. The van der Waals surface area contributed by atoms with Crippen molar-refractivity contribution >= 4 is 5.57 Å². The molecular formula is C20H20. The van der Waals surface area contributed by atoms with Gasteiger partial charge in [-0.25, -0.2) is 0 Å². The molecule has 0 atom stereocenters. The van der Waals surface area contributed by atoms with Crippen LogP contribution in [0.3, 0.4) is 0 Å². The van der Waals surface area contributed by atoms with Crippen LogP contribution in [0.4, 0.5) is 0 Å². The maximum Gasteiger partial charge on any atom is 0.0319 e. The van der Waals surface area contributed by atoms with Gasteiger partial charge in [-0.2, -0.15) is 0 Å². The minimum atomic E-state index is -2.30. The second kappa shape index (κ2) is 5.50. The Bertz CT molecular complexity index is 928. The summed E-state index contributed by atoms with van der Waals surface area (Å²) in [5.41, 5.74) is 3.13. The maximum absolute atomic E-state index is 8.35. The largest absolute Gasteiger partial charge is 0.0730 e. The van der Waals surface area contributed by atoms with E-state index >= 15 is 0 Å². The van der Waals surface area contributed by atoms with Gasteiger partial charge in [-0.3, -0.25) is 0 Å². The lowest BCUT2D eigenvalue weighted by molar-refractivity contribution is 0.977. The van der Waals surface area contributed by atoms with Gasteiger partial charge in [-0.05, 0) is 54.8 Å². The Hall–Kier alpha value is -2.08. The third kappa shape index (κ3) is 2.75. The Morgan fingerprint density at radius 1 is 0.900 bits per heavy atom. The van der Waals surface area contributed by atoms with Crippen molar-refractivity contribution in [1.82, 2.24) is 0 Å². The zero-order valence-corrected chi connectivity index (χ0v) is 11.0. The molecule has 0 spiro atoms. The first-order chi connectivity index (χ1) is 12.9. The zero-order chi connectivity index (χ0) is 20.7. The average molecular weight is 268 g/mol. The maximum atomic E-state index is 8.35. The fourth-order valence-corrected chi connectivity index (χ4v) is 2.22. The molecule has 0 fully saturated rings. The molecule has 0 unspecified atom stereocenters. The summed E-state index contributed by atoms with van der Waals surface area (Å²) in [5.74, 6) is 0. The Morgan fingerprint density at radius 3 is 2.50 bits per heavy atom. The molecule has 0 radical (unpaired) electrons. The summed E-state index contributed by atoms with van der Waals surface area (Å²) in [6, 6.07) is 13.9. The van der Waals surface area contributed by atoms with Gasteiger partial charge in [0, 0.05) is 11.0 Å². The molecule has 0 bridgehead atoms. The van der Waals surface area contributed by atoms with Crippen LogP contribution in [0.25, 0.3) is 16.7 Å². The van der Waals surface area contributed by atoms with Crippen LogP contribution in [-0.4, -0.2) is 0 Å². The van der Waals surface area contributed by atoms with E-state index in [4.69, 9.17) is 11.0 Å². The summed E-state index contributed by atoms with van der Waals surface area (Å²) in [6.07, 6.45) is 1.07. The molecule has 3 rings (SSSR count).